The maximum atomic E-state index is 12.9. The standard InChI is InChI=1S/C22H29NO7S2/c1-21(2,3)29-17-10-9-15(12-16(17)19(24)30-22(4,5)6)32(26,27)23-13-14-8-11-18(31-14)20(25)28-7/h8-12,23H,13H2,1-7H3. The highest BCUT2D eigenvalue weighted by Crippen LogP contribution is 2.28. The number of benzene rings is 1. The number of methoxy groups -OCH3 is 1. The van der Waals surface area contributed by atoms with Gasteiger partial charge in [-0.1, -0.05) is 0 Å². The fourth-order valence-corrected chi connectivity index (χ4v) is 4.51. The first kappa shape index (κ1) is 25.8. The van der Waals surface area contributed by atoms with Crippen molar-refractivity contribution in [1.82, 2.24) is 4.72 Å². The van der Waals surface area contributed by atoms with Crippen LogP contribution in [-0.4, -0.2) is 38.7 Å². The number of hydrogen-bond donors (Lipinski definition) is 1. The molecule has 1 aromatic carbocycles. The molecule has 1 aromatic heterocycles. The summed E-state index contributed by atoms with van der Waals surface area (Å²) in [5.41, 5.74) is -1.35. The molecule has 10 heteroatoms. The summed E-state index contributed by atoms with van der Waals surface area (Å²) in [6.07, 6.45) is 0. The van der Waals surface area contributed by atoms with Gasteiger partial charge in [0.05, 0.1) is 12.0 Å². The van der Waals surface area contributed by atoms with Crippen molar-refractivity contribution in [3.05, 3.63) is 45.6 Å². The van der Waals surface area contributed by atoms with Crippen molar-refractivity contribution in [1.29, 1.82) is 0 Å². The molecule has 0 fully saturated rings. The first-order valence-corrected chi connectivity index (χ1v) is 12.1. The Morgan fingerprint density at radius 2 is 1.62 bits per heavy atom. The molecule has 176 valence electrons. The molecule has 0 spiro atoms. The molecule has 0 aliphatic heterocycles. The van der Waals surface area contributed by atoms with Gasteiger partial charge in [0.2, 0.25) is 10.0 Å². The summed E-state index contributed by atoms with van der Waals surface area (Å²) in [5.74, 6) is -0.943. The number of thiophene rings is 1. The molecular formula is C22H29NO7S2. The van der Waals surface area contributed by atoms with Crippen molar-refractivity contribution in [2.75, 3.05) is 7.11 Å². The Morgan fingerprint density at radius 1 is 0.969 bits per heavy atom. The number of hydrogen-bond acceptors (Lipinski definition) is 8. The highest BCUT2D eigenvalue weighted by molar-refractivity contribution is 7.89. The third-order valence-corrected chi connectivity index (χ3v) is 6.25. The lowest BCUT2D eigenvalue weighted by Gasteiger charge is -2.25. The molecule has 0 radical (unpaired) electrons. The van der Waals surface area contributed by atoms with Gasteiger partial charge in [-0.05, 0) is 71.9 Å². The lowest BCUT2D eigenvalue weighted by Crippen LogP contribution is -2.28. The molecule has 0 atom stereocenters. The van der Waals surface area contributed by atoms with Gasteiger partial charge < -0.3 is 14.2 Å². The molecule has 2 rings (SSSR count). The van der Waals surface area contributed by atoms with E-state index in [0.29, 0.717) is 9.75 Å². The maximum absolute atomic E-state index is 12.9. The fraction of sp³-hybridized carbons (Fsp3) is 0.455. The van der Waals surface area contributed by atoms with Gasteiger partial charge in [-0.3, -0.25) is 0 Å². The van der Waals surface area contributed by atoms with Gasteiger partial charge in [-0.2, -0.15) is 0 Å². The number of esters is 2. The number of sulfonamides is 1. The van der Waals surface area contributed by atoms with Crippen LogP contribution < -0.4 is 9.46 Å². The van der Waals surface area contributed by atoms with Crippen LogP contribution in [0.5, 0.6) is 5.75 Å². The number of carbonyl (C=O) groups is 2. The molecule has 0 amide bonds. The number of carbonyl (C=O) groups excluding carboxylic acids is 2. The van der Waals surface area contributed by atoms with E-state index >= 15 is 0 Å². The SMILES string of the molecule is COC(=O)c1ccc(CNS(=O)(=O)c2ccc(OC(C)(C)C)c(C(=O)OC(C)(C)C)c2)s1. The lowest BCUT2D eigenvalue weighted by molar-refractivity contribution is 0.00609. The average molecular weight is 484 g/mol. The van der Waals surface area contributed by atoms with E-state index in [-0.39, 0.29) is 22.8 Å². The van der Waals surface area contributed by atoms with Crippen LogP contribution in [0.4, 0.5) is 0 Å². The lowest BCUT2D eigenvalue weighted by atomic mass is 10.1. The van der Waals surface area contributed by atoms with Crippen molar-refractivity contribution < 1.29 is 32.2 Å². The van der Waals surface area contributed by atoms with E-state index in [1.807, 2.05) is 20.8 Å². The summed E-state index contributed by atoms with van der Waals surface area (Å²) < 4.78 is 44.2. The molecule has 0 unspecified atom stereocenters. The molecule has 32 heavy (non-hydrogen) atoms. The van der Waals surface area contributed by atoms with Crippen LogP contribution in [0.25, 0.3) is 0 Å². The van der Waals surface area contributed by atoms with Crippen LogP contribution >= 0.6 is 11.3 Å². The predicted octanol–water partition coefficient (Wildman–Crippen LogP) is 4.15. The van der Waals surface area contributed by atoms with E-state index in [4.69, 9.17) is 9.47 Å². The largest absolute Gasteiger partial charge is 0.487 e. The second-order valence-corrected chi connectivity index (χ2v) is 11.9. The molecule has 0 saturated carbocycles. The molecule has 8 nitrogen and oxygen atoms in total. The van der Waals surface area contributed by atoms with Gasteiger partial charge in [0.15, 0.2) is 0 Å². The smallest absolute Gasteiger partial charge is 0.348 e. The van der Waals surface area contributed by atoms with Crippen LogP contribution in [0.15, 0.2) is 35.2 Å². The van der Waals surface area contributed by atoms with Crippen molar-refractivity contribution in [3.8, 4) is 5.75 Å². The Hall–Kier alpha value is -2.43. The Labute approximate surface area is 192 Å². The number of rotatable bonds is 7. The second kappa shape index (κ2) is 9.60. The Bertz CT molecular complexity index is 1090. The van der Waals surface area contributed by atoms with Crippen LogP contribution in [0.1, 0.15) is 66.4 Å². The van der Waals surface area contributed by atoms with E-state index in [9.17, 15) is 18.0 Å². The average Bonchev–Trinajstić information content (AvgIpc) is 3.12. The molecule has 1 N–H and O–H groups in total. The second-order valence-electron chi connectivity index (χ2n) is 8.96. The van der Waals surface area contributed by atoms with E-state index < -0.39 is 33.2 Å². The van der Waals surface area contributed by atoms with Crippen molar-refractivity contribution in [2.45, 2.75) is 64.2 Å². The summed E-state index contributed by atoms with van der Waals surface area (Å²) in [7, 11) is -2.68. The van der Waals surface area contributed by atoms with Crippen molar-refractivity contribution >= 4 is 33.3 Å². The number of nitrogens with one attached hydrogen (secondary N) is 1. The molecule has 0 bridgehead atoms. The zero-order chi connectivity index (χ0) is 24.3. The Balaban J connectivity index is 2.32. The van der Waals surface area contributed by atoms with E-state index in [2.05, 4.69) is 9.46 Å². The molecule has 0 aliphatic rings. The maximum Gasteiger partial charge on any atom is 0.348 e. The Morgan fingerprint density at radius 3 is 2.19 bits per heavy atom. The van der Waals surface area contributed by atoms with Gasteiger partial charge in [0.1, 0.15) is 27.4 Å². The topological polar surface area (TPSA) is 108 Å². The Kier molecular flexibility index (Phi) is 7.75. The molecule has 0 saturated heterocycles. The van der Waals surface area contributed by atoms with E-state index in [1.165, 1.54) is 25.3 Å². The monoisotopic (exact) mass is 483 g/mol. The van der Waals surface area contributed by atoms with Gasteiger partial charge in [-0.25, -0.2) is 22.7 Å². The first-order valence-electron chi connectivity index (χ1n) is 9.84. The summed E-state index contributed by atoms with van der Waals surface area (Å²) in [6.45, 7) is 10.6. The zero-order valence-corrected chi connectivity index (χ0v) is 20.9. The van der Waals surface area contributed by atoms with Crippen LogP contribution in [0.3, 0.4) is 0 Å². The van der Waals surface area contributed by atoms with E-state index in [0.717, 1.165) is 11.3 Å². The summed E-state index contributed by atoms with van der Waals surface area (Å²) >= 11 is 1.13. The fourth-order valence-electron chi connectivity index (χ4n) is 2.52. The summed E-state index contributed by atoms with van der Waals surface area (Å²) in [4.78, 5) is 25.2. The highest BCUT2D eigenvalue weighted by Gasteiger charge is 2.26. The van der Waals surface area contributed by atoms with Gasteiger partial charge >= 0.3 is 11.9 Å². The minimum absolute atomic E-state index is 0.0156. The van der Waals surface area contributed by atoms with Crippen molar-refractivity contribution in [2.24, 2.45) is 0 Å². The minimum Gasteiger partial charge on any atom is -0.487 e. The van der Waals surface area contributed by atoms with Gasteiger partial charge in [0, 0.05) is 11.4 Å². The van der Waals surface area contributed by atoms with Gasteiger partial charge in [-0.15, -0.1) is 11.3 Å². The molecular weight excluding hydrogens is 454 g/mol. The molecule has 2 aromatic rings. The first-order chi connectivity index (χ1) is 14.6. The summed E-state index contributed by atoms with van der Waals surface area (Å²) in [6, 6.07) is 7.27. The minimum atomic E-state index is -3.96. The third-order valence-electron chi connectivity index (χ3n) is 3.78. The normalized spacial score (nSPS) is 12.3. The third kappa shape index (κ3) is 7.32. The van der Waals surface area contributed by atoms with Crippen molar-refractivity contribution in [3.63, 3.8) is 0 Å². The predicted molar refractivity (Wildman–Crippen MR) is 122 cm³/mol. The highest BCUT2D eigenvalue weighted by atomic mass is 32.2. The molecule has 1 heterocycles. The van der Waals surface area contributed by atoms with Crippen LogP contribution in [0.2, 0.25) is 0 Å². The van der Waals surface area contributed by atoms with Crippen LogP contribution in [0, 0.1) is 0 Å². The number of ether oxygens (including phenoxy) is 3. The van der Waals surface area contributed by atoms with E-state index in [1.54, 1.807) is 32.9 Å². The zero-order valence-electron chi connectivity index (χ0n) is 19.3. The van der Waals surface area contributed by atoms with Gasteiger partial charge in [0.25, 0.3) is 0 Å². The van der Waals surface area contributed by atoms with Crippen LogP contribution in [-0.2, 0) is 26.0 Å². The quantitative estimate of drug-likeness (QED) is 0.590. The molecule has 0 aliphatic carbocycles. The summed E-state index contributed by atoms with van der Waals surface area (Å²) in [5, 5.41) is 0.